The average Bonchev–Trinajstić information content (AvgIpc) is 2.91. The molecule has 0 amide bonds. The highest BCUT2D eigenvalue weighted by Gasteiger charge is 2.08. The fourth-order valence-electron chi connectivity index (χ4n) is 1.87. The number of nitrogens with two attached hydrogens (primary N) is 1. The fraction of sp³-hybridized carbons (Fsp3) is 0. The Hall–Kier alpha value is -2.47. The molecule has 2 aromatic carbocycles. The van der Waals surface area contributed by atoms with E-state index >= 15 is 0 Å². The number of nitrogens with one attached hydrogen (secondary N) is 1. The molecule has 0 fully saturated rings. The third kappa shape index (κ3) is 3.00. The van der Waals surface area contributed by atoms with Crippen LogP contribution in [0.5, 0.6) is 0 Å². The average molecular weight is 303 g/mol. The first kappa shape index (κ1) is 13.5. The predicted octanol–water partition coefficient (Wildman–Crippen LogP) is 4.41. The molecule has 0 saturated heterocycles. The maximum absolute atomic E-state index is 13.6. The highest BCUT2D eigenvalue weighted by molar-refractivity contribution is 7.14. The zero-order valence-electron chi connectivity index (χ0n) is 10.8. The van der Waals surface area contributed by atoms with Gasteiger partial charge < -0.3 is 11.1 Å². The van der Waals surface area contributed by atoms with Gasteiger partial charge in [-0.2, -0.15) is 0 Å². The summed E-state index contributed by atoms with van der Waals surface area (Å²) in [6.45, 7) is 0. The number of rotatable bonds is 3. The van der Waals surface area contributed by atoms with Crippen molar-refractivity contribution in [2.45, 2.75) is 0 Å². The van der Waals surface area contributed by atoms with Crippen molar-refractivity contribution < 1.29 is 8.78 Å². The van der Waals surface area contributed by atoms with Crippen LogP contribution in [-0.4, -0.2) is 4.98 Å². The van der Waals surface area contributed by atoms with Crippen LogP contribution in [0, 0.1) is 11.6 Å². The quantitative estimate of drug-likeness (QED) is 0.704. The van der Waals surface area contributed by atoms with Crippen molar-refractivity contribution in [1.29, 1.82) is 0 Å². The minimum Gasteiger partial charge on any atom is -0.399 e. The van der Waals surface area contributed by atoms with E-state index in [-0.39, 0.29) is 5.69 Å². The van der Waals surface area contributed by atoms with Gasteiger partial charge in [0.05, 0.1) is 11.4 Å². The summed E-state index contributed by atoms with van der Waals surface area (Å²) in [5.41, 5.74) is 8.21. The van der Waals surface area contributed by atoms with E-state index in [2.05, 4.69) is 10.3 Å². The molecule has 0 atom stereocenters. The van der Waals surface area contributed by atoms with Gasteiger partial charge in [-0.3, -0.25) is 0 Å². The van der Waals surface area contributed by atoms with E-state index in [0.717, 1.165) is 17.3 Å². The Labute approximate surface area is 124 Å². The van der Waals surface area contributed by atoms with Gasteiger partial charge >= 0.3 is 0 Å². The molecule has 3 N–H and O–H groups in total. The topological polar surface area (TPSA) is 50.9 Å². The van der Waals surface area contributed by atoms with Crippen LogP contribution >= 0.6 is 11.3 Å². The van der Waals surface area contributed by atoms with Crippen LogP contribution in [0.3, 0.4) is 0 Å². The molecule has 1 heterocycles. The van der Waals surface area contributed by atoms with Crippen LogP contribution in [0.4, 0.5) is 25.3 Å². The number of anilines is 3. The van der Waals surface area contributed by atoms with Gasteiger partial charge in [-0.1, -0.05) is 12.1 Å². The molecule has 3 aromatic rings. The molecule has 106 valence electrons. The second kappa shape index (κ2) is 5.49. The van der Waals surface area contributed by atoms with Crippen LogP contribution in [0.2, 0.25) is 0 Å². The zero-order valence-corrected chi connectivity index (χ0v) is 11.6. The first-order valence-corrected chi connectivity index (χ1v) is 7.03. The van der Waals surface area contributed by atoms with E-state index in [9.17, 15) is 8.78 Å². The summed E-state index contributed by atoms with van der Waals surface area (Å²) in [6.07, 6.45) is 0. The summed E-state index contributed by atoms with van der Waals surface area (Å²) >= 11 is 1.33. The van der Waals surface area contributed by atoms with Crippen molar-refractivity contribution in [3.63, 3.8) is 0 Å². The van der Waals surface area contributed by atoms with E-state index in [0.29, 0.717) is 10.8 Å². The second-order valence-electron chi connectivity index (χ2n) is 4.41. The molecular weight excluding hydrogens is 292 g/mol. The predicted molar refractivity (Wildman–Crippen MR) is 81.6 cm³/mol. The summed E-state index contributed by atoms with van der Waals surface area (Å²) in [7, 11) is 0. The molecule has 0 aliphatic heterocycles. The van der Waals surface area contributed by atoms with Gasteiger partial charge in [0.2, 0.25) is 0 Å². The van der Waals surface area contributed by atoms with Crippen LogP contribution in [0.1, 0.15) is 0 Å². The maximum Gasteiger partial charge on any atom is 0.187 e. The molecule has 3 rings (SSSR count). The Balaban J connectivity index is 1.85. The van der Waals surface area contributed by atoms with Crippen molar-refractivity contribution in [2.75, 3.05) is 11.1 Å². The van der Waals surface area contributed by atoms with Gasteiger partial charge in [-0.05, 0) is 24.3 Å². The summed E-state index contributed by atoms with van der Waals surface area (Å²) in [6, 6.07) is 10.7. The molecule has 0 bridgehead atoms. The minimum absolute atomic E-state index is 0.185. The molecule has 21 heavy (non-hydrogen) atoms. The Morgan fingerprint density at radius 1 is 1.10 bits per heavy atom. The van der Waals surface area contributed by atoms with Crippen molar-refractivity contribution in [1.82, 2.24) is 4.98 Å². The molecule has 6 heteroatoms. The van der Waals surface area contributed by atoms with Crippen LogP contribution < -0.4 is 11.1 Å². The van der Waals surface area contributed by atoms with E-state index in [1.165, 1.54) is 23.5 Å². The Bertz CT molecular complexity index is 786. The second-order valence-corrected chi connectivity index (χ2v) is 5.27. The lowest BCUT2D eigenvalue weighted by Gasteiger charge is -2.03. The molecule has 0 aliphatic carbocycles. The zero-order chi connectivity index (χ0) is 14.8. The molecular formula is C15H11F2N3S. The lowest BCUT2D eigenvalue weighted by Crippen LogP contribution is -1.94. The van der Waals surface area contributed by atoms with Gasteiger partial charge in [0.1, 0.15) is 11.6 Å². The van der Waals surface area contributed by atoms with E-state index in [1.54, 1.807) is 6.07 Å². The largest absolute Gasteiger partial charge is 0.399 e. The smallest absolute Gasteiger partial charge is 0.187 e. The first-order valence-electron chi connectivity index (χ1n) is 6.15. The highest BCUT2D eigenvalue weighted by Crippen LogP contribution is 2.28. The Morgan fingerprint density at radius 3 is 2.71 bits per heavy atom. The van der Waals surface area contributed by atoms with Crippen LogP contribution in [0.15, 0.2) is 47.8 Å². The fourth-order valence-corrected chi connectivity index (χ4v) is 2.60. The molecule has 0 aliphatic rings. The molecule has 0 unspecified atom stereocenters. The standard InChI is InChI=1S/C15H11F2N3S/c16-10-4-5-13(12(17)7-10)19-15-20-14(8-21-15)9-2-1-3-11(18)6-9/h1-8H,18H2,(H,19,20). The molecule has 0 saturated carbocycles. The minimum atomic E-state index is -0.657. The molecule has 3 nitrogen and oxygen atoms in total. The number of halogens is 2. The number of hydrogen-bond acceptors (Lipinski definition) is 4. The lowest BCUT2D eigenvalue weighted by molar-refractivity contribution is 0.586. The summed E-state index contributed by atoms with van der Waals surface area (Å²) in [5.74, 6) is -1.27. The van der Waals surface area contributed by atoms with Crippen molar-refractivity contribution in [3.8, 4) is 11.3 Å². The SMILES string of the molecule is Nc1cccc(-c2csc(Nc3ccc(F)cc3F)n2)c1. The van der Waals surface area contributed by atoms with E-state index < -0.39 is 11.6 Å². The van der Waals surface area contributed by atoms with Crippen molar-refractivity contribution >= 4 is 27.8 Å². The van der Waals surface area contributed by atoms with Crippen molar-refractivity contribution in [2.24, 2.45) is 0 Å². The van der Waals surface area contributed by atoms with E-state index in [4.69, 9.17) is 5.73 Å². The summed E-state index contributed by atoms with van der Waals surface area (Å²) < 4.78 is 26.4. The monoisotopic (exact) mass is 303 g/mol. The molecule has 0 radical (unpaired) electrons. The number of hydrogen-bond donors (Lipinski definition) is 2. The van der Waals surface area contributed by atoms with Crippen molar-refractivity contribution in [3.05, 3.63) is 59.5 Å². The maximum atomic E-state index is 13.6. The number of nitrogen functional groups attached to an aromatic ring is 1. The summed E-state index contributed by atoms with van der Waals surface area (Å²) in [5, 5.41) is 5.21. The molecule has 0 spiro atoms. The first-order chi connectivity index (χ1) is 10.1. The van der Waals surface area contributed by atoms with Crippen LogP contribution in [-0.2, 0) is 0 Å². The van der Waals surface area contributed by atoms with Gasteiger partial charge in [0.15, 0.2) is 5.13 Å². The normalized spacial score (nSPS) is 10.6. The van der Waals surface area contributed by atoms with Gasteiger partial charge in [0, 0.05) is 22.7 Å². The summed E-state index contributed by atoms with van der Waals surface area (Å²) in [4.78, 5) is 4.37. The molecule has 1 aromatic heterocycles. The number of benzene rings is 2. The highest BCUT2D eigenvalue weighted by atomic mass is 32.1. The van der Waals surface area contributed by atoms with Crippen LogP contribution in [0.25, 0.3) is 11.3 Å². The Morgan fingerprint density at radius 2 is 1.95 bits per heavy atom. The number of aromatic nitrogens is 1. The van der Waals surface area contributed by atoms with Gasteiger partial charge in [-0.25, -0.2) is 13.8 Å². The van der Waals surface area contributed by atoms with E-state index in [1.807, 2.05) is 23.6 Å². The van der Waals surface area contributed by atoms with Gasteiger partial charge in [0.25, 0.3) is 0 Å². The van der Waals surface area contributed by atoms with Gasteiger partial charge in [-0.15, -0.1) is 11.3 Å². The number of thiazole rings is 1. The lowest BCUT2D eigenvalue weighted by atomic mass is 10.1. The Kier molecular flexibility index (Phi) is 3.53. The third-order valence-electron chi connectivity index (χ3n) is 2.86. The number of nitrogens with zero attached hydrogens (tertiary/aromatic N) is 1. The third-order valence-corrected chi connectivity index (χ3v) is 3.62.